The highest BCUT2D eigenvalue weighted by Gasteiger charge is 1.99. The first-order chi connectivity index (χ1) is 7.24. The van der Waals surface area contributed by atoms with E-state index in [0.29, 0.717) is 31.3 Å². The van der Waals surface area contributed by atoms with Crippen LogP contribution in [0.2, 0.25) is 0 Å². The molecule has 0 saturated heterocycles. The second-order valence-corrected chi connectivity index (χ2v) is 3.77. The quantitative estimate of drug-likeness (QED) is 0.671. The van der Waals surface area contributed by atoms with Gasteiger partial charge in [0.1, 0.15) is 5.82 Å². The molecule has 6 heteroatoms. The molecule has 0 aliphatic heterocycles. The summed E-state index contributed by atoms with van der Waals surface area (Å²) in [4.78, 5) is 4.11. The van der Waals surface area contributed by atoms with Crippen molar-refractivity contribution in [1.82, 2.24) is 4.98 Å². The number of halogens is 1. The summed E-state index contributed by atoms with van der Waals surface area (Å²) < 4.78 is 5.93. The molecule has 0 amide bonds. The number of nitrogens with one attached hydrogen (secondary N) is 1. The maximum absolute atomic E-state index is 8.47. The Bertz CT molecular complexity index is 309. The lowest BCUT2D eigenvalue weighted by Crippen LogP contribution is -2.13. The fraction of sp³-hybridized carbons (Fsp3) is 0.444. The molecule has 0 aliphatic carbocycles. The van der Waals surface area contributed by atoms with Crippen molar-refractivity contribution in [3.05, 3.63) is 16.7 Å². The maximum atomic E-state index is 8.47. The standard InChI is InChI=1S/C9H14BrN3O2/c10-7-5-8(11)9(13-6-7)12-1-3-15-4-2-14/h5-6,14H,1-4,11H2,(H,12,13). The average molecular weight is 276 g/mol. The molecule has 0 radical (unpaired) electrons. The number of hydrogen-bond donors (Lipinski definition) is 3. The molecule has 0 atom stereocenters. The highest BCUT2D eigenvalue weighted by Crippen LogP contribution is 2.19. The predicted octanol–water partition coefficient (Wildman–Crippen LogP) is 0.847. The number of hydrogen-bond acceptors (Lipinski definition) is 5. The van der Waals surface area contributed by atoms with Gasteiger partial charge in [-0.05, 0) is 22.0 Å². The van der Waals surface area contributed by atoms with Crippen molar-refractivity contribution in [2.24, 2.45) is 0 Å². The van der Waals surface area contributed by atoms with Crippen LogP contribution in [0.15, 0.2) is 16.7 Å². The zero-order valence-corrected chi connectivity index (χ0v) is 9.83. The Kier molecular flexibility index (Phi) is 5.38. The molecule has 0 saturated carbocycles. The van der Waals surface area contributed by atoms with Crippen molar-refractivity contribution in [2.45, 2.75) is 0 Å². The molecule has 1 aromatic rings. The van der Waals surface area contributed by atoms with Crippen LogP contribution in [-0.4, -0.2) is 36.5 Å². The van der Waals surface area contributed by atoms with Crippen LogP contribution in [0.5, 0.6) is 0 Å². The van der Waals surface area contributed by atoms with Crippen LogP contribution < -0.4 is 11.1 Å². The van der Waals surface area contributed by atoms with E-state index in [0.717, 1.165) is 4.47 Å². The number of pyridine rings is 1. The molecule has 5 nitrogen and oxygen atoms in total. The van der Waals surface area contributed by atoms with Gasteiger partial charge in [0, 0.05) is 17.2 Å². The molecular weight excluding hydrogens is 262 g/mol. The van der Waals surface area contributed by atoms with Crippen LogP contribution in [0, 0.1) is 0 Å². The molecule has 4 N–H and O–H groups in total. The molecule has 0 fully saturated rings. The normalized spacial score (nSPS) is 10.3. The van der Waals surface area contributed by atoms with E-state index in [9.17, 15) is 0 Å². The van der Waals surface area contributed by atoms with Gasteiger partial charge in [-0.15, -0.1) is 0 Å². The number of anilines is 2. The first-order valence-electron chi connectivity index (χ1n) is 4.57. The topological polar surface area (TPSA) is 80.4 Å². The highest BCUT2D eigenvalue weighted by atomic mass is 79.9. The first-order valence-corrected chi connectivity index (χ1v) is 5.37. The van der Waals surface area contributed by atoms with Gasteiger partial charge in [0.25, 0.3) is 0 Å². The van der Waals surface area contributed by atoms with E-state index < -0.39 is 0 Å². The van der Waals surface area contributed by atoms with Gasteiger partial charge in [0.05, 0.1) is 25.5 Å². The van der Waals surface area contributed by atoms with E-state index >= 15 is 0 Å². The summed E-state index contributed by atoms with van der Waals surface area (Å²) in [7, 11) is 0. The van der Waals surface area contributed by atoms with Crippen molar-refractivity contribution in [3.8, 4) is 0 Å². The third kappa shape index (κ3) is 4.46. The third-order valence-electron chi connectivity index (χ3n) is 1.66. The number of rotatable bonds is 6. The number of aromatic nitrogens is 1. The fourth-order valence-electron chi connectivity index (χ4n) is 1.01. The van der Waals surface area contributed by atoms with Crippen LogP contribution in [0.3, 0.4) is 0 Å². The summed E-state index contributed by atoms with van der Waals surface area (Å²) in [6.45, 7) is 1.51. The summed E-state index contributed by atoms with van der Waals surface area (Å²) in [6, 6.07) is 1.78. The van der Waals surface area contributed by atoms with E-state index in [1.807, 2.05) is 0 Å². The number of aliphatic hydroxyl groups is 1. The van der Waals surface area contributed by atoms with Crippen molar-refractivity contribution < 1.29 is 9.84 Å². The minimum absolute atomic E-state index is 0.0403. The summed E-state index contributed by atoms with van der Waals surface area (Å²) in [5.74, 6) is 0.644. The lowest BCUT2D eigenvalue weighted by Gasteiger charge is -2.08. The zero-order valence-electron chi connectivity index (χ0n) is 8.24. The summed E-state index contributed by atoms with van der Waals surface area (Å²) in [5, 5.41) is 11.5. The fourth-order valence-corrected chi connectivity index (χ4v) is 1.36. The Morgan fingerprint density at radius 3 is 3.00 bits per heavy atom. The number of nitrogens with two attached hydrogens (primary N) is 1. The lowest BCUT2D eigenvalue weighted by molar-refractivity contribution is 0.0992. The van der Waals surface area contributed by atoms with Gasteiger partial charge >= 0.3 is 0 Å². The van der Waals surface area contributed by atoms with Crippen LogP contribution in [0.1, 0.15) is 0 Å². The summed E-state index contributed by atoms with van der Waals surface area (Å²) >= 11 is 3.28. The van der Waals surface area contributed by atoms with Crippen LogP contribution in [0.4, 0.5) is 11.5 Å². The monoisotopic (exact) mass is 275 g/mol. The molecule has 0 unspecified atom stereocenters. The second-order valence-electron chi connectivity index (χ2n) is 2.85. The Hall–Kier alpha value is -0.850. The first kappa shape index (κ1) is 12.2. The van der Waals surface area contributed by atoms with Gasteiger partial charge in [-0.3, -0.25) is 0 Å². The number of aliphatic hydroxyl groups excluding tert-OH is 1. The molecule has 15 heavy (non-hydrogen) atoms. The van der Waals surface area contributed by atoms with Gasteiger partial charge < -0.3 is 20.9 Å². The van der Waals surface area contributed by atoms with E-state index in [4.69, 9.17) is 15.6 Å². The molecule has 1 heterocycles. The van der Waals surface area contributed by atoms with Gasteiger partial charge in [0.15, 0.2) is 0 Å². The summed E-state index contributed by atoms with van der Waals surface area (Å²) in [5.41, 5.74) is 6.32. The number of ether oxygens (including phenoxy) is 1. The Balaban J connectivity index is 2.31. The molecule has 0 bridgehead atoms. The average Bonchev–Trinajstić information content (AvgIpc) is 2.20. The molecule has 0 aromatic carbocycles. The minimum Gasteiger partial charge on any atom is -0.396 e. The van der Waals surface area contributed by atoms with Crippen molar-refractivity contribution >= 4 is 27.4 Å². The lowest BCUT2D eigenvalue weighted by atomic mass is 10.4. The second kappa shape index (κ2) is 6.60. The van der Waals surface area contributed by atoms with Crippen molar-refractivity contribution in [1.29, 1.82) is 0 Å². The largest absolute Gasteiger partial charge is 0.396 e. The minimum atomic E-state index is 0.0403. The molecule has 1 rings (SSSR count). The van der Waals surface area contributed by atoms with Crippen LogP contribution in [-0.2, 0) is 4.74 Å². The molecule has 84 valence electrons. The molecular formula is C9H14BrN3O2. The predicted molar refractivity (Wildman–Crippen MR) is 62.7 cm³/mol. The van der Waals surface area contributed by atoms with Crippen LogP contribution in [0.25, 0.3) is 0 Å². The van der Waals surface area contributed by atoms with Gasteiger partial charge in [-0.25, -0.2) is 4.98 Å². The van der Waals surface area contributed by atoms with Gasteiger partial charge in [-0.1, -0.05) is 0 Å². The van der Waals surface area contributed by atoms with Crippen LogP contribution >= 0.6 is 15.9 Å². The zero-order chi connectivity index (χ0) is 11.1. The van der Waals surface area contributed by atoms with E-state index in [1.54, 1.807) is 12.3 Å². The Morgan fingerprint density at radius 1 is 1.53 bits per heavy atom. The van der Waals surface area contributed by atoms with E-state index in [2.05, 4.69) is 26.2 Å². The molecule has 0 aliphatic rings. The maximum Gasteiger partial charge on any atom is 0.149 e. The molecule has 1 aromatic heterocycles. The number of nitrogen functional groups attached to an aromatic ring is 1. The van der Waals surface area contributed by atoms with Gasteiger partial charge in [0.2, 0.25) is 0 Å². The number of nitrogens with zero attached hydrogens (tertiary/aromatic N) is 1. The Morgan fingerprint density at radius 2 is 2.33 bits per heavy atom. The highest BCUT2D eigenvalue weighted by molar-refractivity contribution is 9.10. The summed E-state index contributed by atoms with van der Waals surface area (Å²) in [6.07, 6.45) is 1.67. The SMILES string of the molecule is Nc1cc(Br)cnc1NCCOCCO. The van der Waals surface area contributed by atoms with Crippen molar-refractivity contribution in [3.63, 3.8) is 0 Å². The van der Waals surface area contributed by atoms with E-state index in [-0.39, 0.29) is 6.61 Å². The third-order valence-corrected chi connectivity index (χ3v) is 2.09. The Labute approximate surface area is 96.8 Å². The van der Waals surface area contributed by atoms with E-state index in [1.165, 1.54) is 0 Å². The van der Waals surface area contributed by atoms with Crippen molar-refractivity contribution in [2.75, 3.05) is 37.4 Å². The molecule has 0 spiro atoms. The van der Waals surface area contributed by atoms with Gasteiger partial charge in [-0.2, -0.15) is 0 Å². The smallest absolute Gasteiger partial charge is 0.149 e.